The summed E-state index contributed by atoms with van der Waals surface area (Å²) in [5.74, 6) is -0.679. The lowest BCUT2D eigenvalue weighted by Gasteiger charge is -2.09. The van der Waals surface area contributed by atoms with Gasteiger partial charge in [-0.3, -0.25) is 9.52 Å². The zero-order valence-corrected chi connectivity index (χ0v) is 23.9. The largest absolute Gasteiger partial charge is 0.422 e. The number of anilines is 1. The number of amides is 1. The molecule has 2 N–H and O–H groups in total. The number of ether oxygens (including phenoxy) is 1. The molecule has 0 saturated carbocycles. The molecular weight excluding hydrogens is 582 g/mol. The van der Waals surface area contributed by atoms with E-state index in [0.29, 0.717) is 32.5 Å². The Labute approximate surface area is 245 Å². The zero-order chi connectivity index (χ0) is 29.0. The number of hydrazone groups is 1. The van der Waals surface area contributed by atoms with Crippen LogP contribution in [0.4, 0.5) is 5.69 Å². The Hall–Kier alpha value is -4.51. The minimum absolute atomic E-state index is 0.144. The van der Waals surface area contributed by atoms with Gasteiger partial charge in [0.25, 0.3) is 15.9 Å². The van der Waals surface area contributed by atoms with Crippen LogP contribution in [0.25, 0.3) is 10.1 Å². The van der Waals surface area contributed by atoms with Crippen LogP contribution in [0.3, 0.4) is 0 Å². The smallest absolute Gasteiger partial charge is 0.355 e. The summed E-state index contributed by atoms with van der Waals surface area (Å²) >= 11 is 7.63. The van der Waals surface area contributed by atoms with Gasteiger partial charge < -0.3 is 4.74 Å². The summed E-state index contributed by atoms with van der Waals surface area (Å²) in [6.07, 6.45) is 1.44. The predicted molar refractivity (Wildman–Crippen MR) is 162 cm³/mol. The Bertz CT molecular complexity index is 1870. The Balaban J connectivity index is 1.15. The molecule has 1 aromatic heterocycles. The molecule has 5 rings (SSSR count). The van der Waals surface area contributed by atoms with E-state index in [0.717, 1.165) is 15.6 Å². The molecule has 0 aliphatic rings. The molecule has 41 heavy (non-hydrogen) atoms. The van der Waals surface area contributed by atoms with Gasteiger partial charge in [-0.15, -0.1) is 11.3 Å². The van der Waals surface area contributed by atoms with Crippen LogP contribution in [0.5, 0.6) is 5.75 Å². The summed E-state index contributed by atoms with van der Waals surface area (Å²) in [5, 5.41) is 5.13. The van der Waals surface area contributed by atoms with Crippen LogP contribution in [0.2, 0.25) is 5.02 Å². The van der Waals surface area contributed by atoms with Crippen molar-refractivity contribution < 1.29 is 22.7 Å². The summed E-state index contributed by atoms with van der Waals surface area (Å²) in [6.45, 7) is 1.87. The minimum Gasteiger partial charge on any atom is -0.422 e. The van der Waals surface area contributed by atoms with Crippen molar-refractivity contribution >= 4 is 66.8 Å². The second-order valence-corrected chi connectivity index (χ2v) is 12.0. The van der Waals surface area contributed by atoms with Crippen LogP contribution in [-0.4, -0.2) is 26.5 Å². The van der Waals surface area contributed by atoms with E-state index in [-0.39, 0.29) is 4.90 Å². The maximum absolute atomic E-state index is 12.6. The molecule has 0 bridgehead atoms. The topological polar surface area (TPSA) is 114 Å². The van der Waals surface area contributed by atoms with Crippen molar-refractivity contribution in [2.75, 3.05) is 4.72 Å². The van der Waals surface area contributed by atoms with Gasteiger partial charge in [-0.1, -0.05) is 47.5 Å². The molecule has 4 aromatic carbocycles. The van der Waals surface area contributed by atoms with Crippen LogP contribution in [-0.2, 0) is 10.0 Å². The van der Waals surface area contributed by atoms with Gasteiger partial charge in [0.1, 0.15) is 10.6 Å². The fourth-order valence-electron chi connectivity index (χ4n) is 3.77. The number of carbonyl (C=O) groups excluding carboxylic acids is 2. The summed E-state index contributed by atoms with van der Waals surface area (Å²) < 4.78 is 34.0. The molecule has 0 spiro atoms. The number of benzene rings is 4. The summed E-state index contributed by atoms with van der Waals surface area (Å²) in [5.41, 5.74) is 4.65. The molecule has 0 aliphatic carbocycles. The lowest BCUT2D eigenvalue weighted by molar-refractivity contribution is 0.0739. The molecule has 0 atom stereocenters. The van der Waals surface area contributed by atoms with Crippen molar-refractivity contribution in [3.8, 4) is 5.75 Å². The average Bonchev–Trinajstić information content (AvgIpc) is 3.31. The van der Waals surface area contributed by atoms with Crippen LogP contribution in [0.1, 0.15) is 31.2 Å². The number of carbonyl (C=O) groups is 2. The maximum Gasteiger partial charge on any atom is 0.355 e. The van der Waals surface area contributed by atoms with Crippen LogP contribution < -0.4 is 14.9 Å². The first-order valence-corrected chi connectivity index (χ1v) is 14.9. The van der Waals surface area contributed by atoms with E-state index in [2.05, 4.69) is 15.2 Å². The summed E-state index contributed by atoms with van der Waals surface area (Å²) in [6, 6.07) is 26.5. The van der Waals surface area contributed by atoms with Crippen molar-refractivity contribution in [2.24, 2.45) is 5.10 Å². The Kier molecular flexibility index (Phi) is 8.16. The van der Waals surface area contributed by atoms with Crippen molar-refractivity contribution in [2.45, 2.75) is 11.8 Å². The number of thiophene rings is 1. The highest BCUT2D eigenvalue weighted by Crippen LogP contribution is 2.35. The quantitative estimate of drug-likeness (QED) is 0.0892. The van der Waals surface area contributed by atoms with Gasteiger partial charge in [-0.2, -0.15) is 5.10 Å². The summed E-state index contributed by atoms with van der Waals surface area (Å²) in [7, 11) is -3.75. The number of fused-ring (bicyclic) bond motifs is 1. The molecular formula is C30H22ClN3O5S2. The Morgan fingerprint density at radius 1 is 0.902 bits per heavy atom. The fraction of sp³-hybridized carbons (Fsp3) is 0.0333. The van der Waals surface area contributed by atoms with Crippen LogP contribution in [0, 0.1) is 6.92 Å². The predicted octanol–water partition coefficient (Wildman–Crippen LogP) is 6.65. The van der Waals surface area contributed by atoms with Crippen molar-refractivity contribution in [1.29, 1.82) is 0 Å². The molecule has 0 aliphatic heterocycles. The third-order valence-corrected chi connectivity index (χ3v) is 8.97. The van der Waals surface area contributed by atoms with E-state index in [9.17, 15) is 18.0 Å². The number of rotatable bonds is 8. The third kappa shape index (κ3) is 6.63. The molecule has 11 heteroatoms. The number of aryl methyl sites for hydroxylation is 1. The highest BCUT2D eigenvalue weighted by Gasteiger charge is 2.19. The van der Waals surface area contributed by atoms with Gasteiger partial charge in [-0.25, -0.2) is 18.6 Å². The third-order valence-electron chi connectivity index (χ3n) is 5.92. The fourth-order valence-corrected chi connectivity index (χ4v) is 6.22. The Morgan fingerprint density at radius 2 is 1.59 bits per heavy atom. The number of hydrogen-bond donors (Lipinski definition) is 2. The van der Waals surface area contributed by atoms with Crippen LogP contribution >= 0.6 is 22.9 Å². The van der Waals surface area contributed by atoms with E-state index in [1.165, 1.54) is 53.9 Å². The van der Waals surface area contributed by atoms with Gasteiger partial charge >= 0.3 is 5.97 Å². The first-order valence-electron chi connectivity index (χ1n) is 12.2. The zero-order valence-electron chi connectivity index (χ0n) is 21.5. The number of halogens is 1. The van der Waals surface area contributed by atoms with Gasteiger partial charge in [0.2, 0.25) is 0 Å². The molecule has 5 aromatic rings. The van der Waals surface area contributed by atoms with Crippen molar-refractivity contribution in [1.82, 2.24) is 5.43 Å². The molecule has 8 nitrogen and oxygen atoms in total. The van der Waals surface area contributed by atoms with E-state index >= 15 is 0 Å². The summed E-state index contributed by atoms with van der Waals surface area (Å²) in [4.78, 5) is 25.6. The van der Waals surface area contributed by atoms with E-state index in [4.69, 9.17) is 16.3 Å². The molecule has 1 heterocycles. The van der Waals surface area contributed by atoms with Crippen molar-refractivity contribution in [3.05, 3.63) is 124 Å². The monoisotopic (exact) mass is 603 g/mol. The number of esters is 1. The minimum atomic E-state index is -3.75. The number of nitrogens with one attached hydrogen (secondary N) is 2. The molecule has 0 unspecified atom stereocenters. The molecule has 0 fully saturated rings. The van der Waals surface area contributed by atoms with E-state index in [1.807, 2.05) is 31.2 Å². The first-order chi connectivity index (χ1) is 19.7. The van der Waals surface area contributed by atoms with E-state index in [1.54, 1.807) is 36.4 Å². The highest BCUT2D eigenvalue weighted by atomic mass is 35.5. The second-order valence-electron chi connectivity index (χ2n) is 8.89. The van der Waals surface area contributed by atoms with Crippen molar-refractivity contribution in [3.63, 3.8) is 0 Å². The SMILES string of the molecule is Cc1ccc(S(=O)(=O)Nc2ccc(C(=O)NN=Cc3ccc(OC(=O)c4sc5ccccc5c4Cl)cc3)cc2)cc1. The average molecular weight is 604 g/mol. The number of sulfonamides is 1. The number of hydrogen-bond acceptors (Lipinski definition) is 7. The normalized spacial score (nSPS) is 11.5. The van der Waals surface area contributed by atoms with Gasteiger partial charge in [0.05, 0.1) is 16.1 Å². The standard InChI is InChI=1S/C30H22ClN3O5S2/c1-19-6-16-24(17-7-19)41(37,38)34-22-12-10-21(11-13-22)29(35)33-32-18-20-8-14-23(15-9-20)39-30(36)28-27(31)25-4-2-3-5-26(25)40-28/h2-18,34H,1H3,(H,33,35). The van der Waals surface area contributed by atoms with Gasteiger partial charge in [-0.05, 0) is 79.2 Å². The Morgan fingerprint density at radius 3 is 2.27 bits per heavy atom. The maximum atomic E-state index is 12.6. The van der Waals surface area contributed by atoms with Gasteiger partial charge in [0.15, 0.2) is 0 Å². The first kappa shape index (κ1) is 28.0. The molecule has 1 amide bonds. The lowest BCUT2D eigenvalue weighted by Crippen LogP contribution is -2.18. The van der Waals surface area contributed by atoms with E-state index < -0.39 is 21.9 Å². The lowest BCUT2D eigenvalue weighted by atomic mass is 10.2. The van der Waals surface area contributed by atoms with Crippen LogP contribution in [0.15, 0.2) is 107 Å². The second kappa shape index (κ2) is 11.9. The molecule has 0 radical (unpaired) electrons. The number of nitrogens with zero attached hydrogens (tertiary/aromatic N) is 1. The molecule has 0 saturated heterocycles. The highest BCUT2D eigenvalue weighted by molar-refractivity contribution is 7.92. The van der Waals surface area contributed by atoms with Gasteiger partial charge in [0, 0.05) is 21.3 Å². The molecule has 206 valence electrons.